The van der Waals surface area contributed by atoms with Crippen LogP contribution < -0.4 is 5.32 Å². The number of H-pyrrole nitrogens is 1. The van der Waals surface area contributed by atoms with Gasteiger partial charge in [-0.2, -0.15) is 0 Å². The van der Waals surface area contributed by atoms with E-state index in [1.165, 1.54) is 0 Å². The fourth-order valence-corrected chi connectivity index (χ4v) is 2.72. The van der Waals surface area contributed by atoms with Gasteiger partial charge < -0.3 is 15.2 Å². The number of rotatable bonds is 3. The Labute approximate surface area is 122 Å². The van der Waals surface area contributed by atoms with Gasteiger partial charge in [0.05, 0.1) is 12.1 Å². The zero-order valence-electron chi connectivity index (χ0n) is 11.6. The monoisotopic (exact) mass is 284 g/mol. The van der Waals surface area contributed by atoms with Crippen molar-refractivity contribution in [3.8, 4) is 0 Å². The summed E-state index contributed by atoms with van der Waals surface area (Å²) < 4.78 is 0. The highest BCUT2D eigenvalue weighted by atomic mass is 16.2. The van der Waals surface area contributed by atoms with Gasteiger partial charge in [0.15, 0.2) is 0 Å². The molecule has 21 heavy (non-hydrogen) atoms. The van der Waals surface area contributed by atoms with E-state index in [1.54, 1.807) is 42.7 Å². The minimum atomic E-state index is -0.262. The van der Waals surface area contributed by atoms with Crippen LogP contribution in [0.3, 0.4) is 0 Å². The number of likely N-dealkylation sites (N-methyl/N-ethyl adjacent to an activating group) is 1. The fraction of sp³-hybridized carbons (Fsp3) is 0.267. The summed E-state index contributed by atoms with van der Waals surface area (Å²) in [5, 5.41) is 2.93. The maximum Gasteiger partial charge on any atom is 0.268 e. The first-order chi connectivity index (χ1) is 10.2. The third-order valence-corrected chi connectivity index (χ3v) is 3.77. The van der Waals surface area contributed by atoms with Crippen LogP contribution in [0, 0.1) is 0 Å². The van der Waals surface area contributed by atoms with Crippen LogP contribution in [0.5, 0.6) is 0 Å². The van der Waals surface area contributed by atoms with Crippen molar-refractivity contribution >= 4 is 11.8 Å². The van der Waals surface area contributed by atoms with E-state index in [2.05, 4.69) is 15.3 Å². The quantitative estimate of drug-likeness (QED) is 0.886. The summed E-state index contributed by atoms with van der Waals surface area (Å²) >= 11 is 0. The molecule has 0 radical (unpaired) electrons. The maximum absolute atomic E-state index is 12.2. The van der Waals surface area contributed by atoms with Crippen LogP contribution in [0.1, 0.15) is 28.5 Å². The molecule has 0 aliphatic carbocycles. The Morgan fingerprint density at radius 1 is 1.43 bits per heavy atom. The van der Waals surface area contributed by atoms with Crippen LogP contribution in [-0.2, 0) is 4.79 Å². The highest BCUT2D eigenvalue weighted by Gasteiger charge is 2.39. The Kier molecular flexibility index (Phi) is 3.43. The van der Waals surface area contributed by atoms with Crippen molar-refractivity contribution in [3.05, 3.63) is 54.1 Å². The topological polar surface area (TPSA) is 78.1 Å². The Morgan fingerprint density at radius 2 is 2.29 bits per heavy atom. The Bertz CT molecular complexity index is 639. The molecular weight excluding hydrogens is 268 g/mol. The molecule has 2 atom stereocenters. The van der Waals surface area contributed by atoms with E-state index < -0.39 is 0 Å². The number of amides is 2. The molecule has 2 N–H and O–H groups in total. The predicted molar refractivity (Wildman–Crippen MR) is 76.4 cm³/mol. The van der Waals surface area contributed by atoms with E-state index in [4.69, 9.17) is 0 Å². The number of carbonyl (C=O) groups is 2. The first-order valence-electron chi connectivity index (χ1n) is 6.76. The van der Waals surface area contributed by atoms with E-state index >= 15 is 0 Å². The lowest BCUT2D eigenvalue weighted by Gasteiger charge is -2.25. The Morgan fingerprint density at radius 3 is 2.95 bits per heavy atom. The number of aromatic nitrogens is 2. The Hall–Kier alpha value is -2.63. The molecule has 108 valence electrons. The normalized spacial score (nSPS) is 21.6. The second kappa shape index (κ2) is 5.40. The average Bonchev–Trinajstić information content (AvgIpc) is 3.10. The zero-order valence-corrected chi connectivity index (χ0v) is 11.6. The molecule has 2 amide bonds. The number of nitrogens with zero attached hydrogens (tertiary/aromatic N) is 2. The van der Waals surface area contributed by atoms with Crippen molar-refractivity contribution < 1.29 is 9.59 Å². The lowest BCUT2D eigenvalue weighted by molar-refractivity contribution is -0.127. The molecule has 2 aromatic rings. The van der Waals surface area contributed by atoms with Gasteiger partial charge in [0.2, 0.25) is 5.91 Å². The highest BCUT2D eigenvalue weighted by Crippen LogP contribution is 2.31. The highest BCUT2D eigenvalue weighted by molar-refractivity contribution is 5.93. The zero-order chi connectivity index (χ0) is 14.8. The van der Waals surface area contributed by atoms with Crippen LogP contribution in [0.2, 0.25) is 0 Å². The van der Waals surface area contributed by atoms with Crippen molar-refractivity contribution in [2.45, 2.75) is 18.5 Å². The lowest BCUT2D eigenvalue weighted by Crippen LogP contribution is -2.39. The summed E-state index contributed by atoms with van der Waals surface area (Å²) in [5.74, 6) is -0.192. The van der Waals surface area contributed by atoms with Gasteiger partial charge in [0.1, 0.15) is 5.69 Å². The van der Waals surface area contributed by atoms with Gasteiger partial charge in [-0.15, -0.1) is 0 Å². The largest absolute Gasteiger partial charge is 0.357 e. The molecule has 1 fully saturated rings. The third-order valence-electron chi connectivity index (χ3n) is 3.77. The van der Waals surface area contributed by atoms with Crippen molar-refractivity contribution in [3.63, 3.8) is 0 Å². The number of hydrogen-bond acceptors (Lipinski definition) is 3. The second-order valence-electron chi connectivity index (χ2n) is 5.10. The smallest absolute Gasteiger partial charge is 0.268 e. The number of likely N-dealkylation sites (tertiary alicyclic amines) is 1. The molecule has 0 unspecified atom stereocenters. The van der Waals surface area contributed by atoms with Gasteiger partial charge in [0.25, 0.3) is 5.91 Å². The molecule has 1 saturated heterocycles. The number of hydrogen-bond donors (Lipinski definition) is 2. The minimum absolute atomic E-state index is 0.0145. The van der Waals surface area contributed by atoms with Crippen LogP contribution >= 0.6 is 0 Å². The van der Waals surface area contributed by atoms with Gasteiger partial charge in [0, 0.05) is 32.1 Å². The predicted octanol–water partition coefficient (Wildman–Crippen LogP) is 1.11. The van der Waals surface area contributed by atoms with Gasteiger partial charge in [-0.1, -0.05) is 6.07 Å². The third kappa shape index (κ3) is 2.52. The first-order valence-corrected chi connectivity index (χ1v) is 6.76. The maximum atomic E-state index is 12.2. The van der Waals surface area contributed by atoms with Crippen LogP contribution in [0.15, 0.2) is 42.9 Å². The van der Waals surface area contributed by atoms with Crippen molar-refractivity contribution in [2.75, 3.05) is 7.05 Å². The average molecular weight is 284 g/mol. The van der Waals surface area contributed by atoms with Gasteiger partial charge >= 0.3 is 0 Å². The summed E-state index contributed by atoms with van der Waals surface area (Å²) in [4.78, 5) is 32.8. The molecule has 2 aromatic heterocycles. The van der Waals surface area contributed by atoms with Crippen LogP contribution in [-0.4, -0.2) is 39.8 Å². The summed E-state index contributed by atoms with van der Waals surface area (Å²) in [6, 6.07) is 6.76. The van der Waals surface area contributed by atoms with Gasteiger partial charge in [-0.05, 0) is 23.8 Å². The van der Waals surface area contributed by atoms with Crippen molar-refractivity contribution in [1.29, 1.82) is 0 Å². The molecular formula is C15H16N4O2. The lowest BCUT2D eigenvalue weighted by atomic mass is 10.0. The summed E-state index contributed by atoms with van der Waals surface area (Å²) in [5.41, 5.74) is 1.41. The molecule has 6 heteroatoms. The fourth-order valence-electron chi connectivity index (χ4n) is 2.72. The van der Waals surface area contributed by atoms with E-state index in [0.717, 1.165) is 5.56 Å². The molecule has 0 aromatic carbocycles. The minimum Gasteiger partial charge on any atom is -0.357 e. The summed E-state index contributed by atoms with van der Waals surface area (Å²) in [6.45, 7) is 0. The number of carbonyl (C=O) groups excluding carboxylic acids is 2. The molecule has 6 nitrogen and oxygen atoms in total. The molecule has 0 spiro atoms. The Balaban J connectivity index is 1.83. The number of nitrogens with one attached hydrogen (secondary N) is 2. The number of pyridine rings is 1. The SMILES string of the molecule is CN1C(=O)C[C@@H](NC(=O)c2ccc[nH]2)[C@@H]1c1cccnc1. The van der Waals surface area contributed by atoms with Crippen molar-refractivity contribution in [1.82, 2.24) is 20.2 Å². The summed E-state index contributed by atoms with van der Waals surface area (Å²) in [6.07, 6.45) is 5.41. The molecule has 1 aliphatic heterocycles. The molecule has 3 rings (SSSR count). The molecule has 1 aliphatic rings. The second-order valence-corrected chi connectivity index (χ2v) is 5.10. The van der Waals surface area contributed by atoms with Crippen LogP contribution in [0.4, 0.5) is 0 Å². The van der Waals surface area contributed by atoms with E-state index in [-0.39, 0.29) is 23.9 Å². The standard InChI is InChI=1S/C15H16N4O2/c1-19-13(20)8-12(14(19)10-4-2-6-16-9-10)18-15(21)11-5-3-7-17-11/h2-7,9,12,14,17H,8H2,1H3,(H,18,21)/t12-,14+/m1/s1. The van der Waals surface area contributed by atoms with E-state index in [1.807, 2.05) is 12.1 Å². The number of aromatic amines is 1. The summed E-state index contributed by atoms with van der Waals surface area (Å²) in [7, 11) is 1.75. The molecule has 0 saturated carbocycles. The van der Waals surface area contributed by atoms with Gasteiger partial charge in [-0.3, -0.25) is 14.6 Å². The molecule has 3 heterocycles. The van der Waals surface area contributed by atoms with E-state index in [9.17, 15) is 9.59 Å². The van der Waals surface area contributed by atoms with Crippen molar-refractivity contribution in [2.24, 2.45) is 0 Å². The first kappa shape index (κ1) is 13.4. The van der Waals surface area contributed by atoms with Gasteiger partial charge in [-0.25, -0.2) is 0 Å². The molecule has 0 bridgehead atoms. The van der Waals surface area contributed by atoms with E-state index in [0.29, 0.717) is 12.1 Å². The van der Waals surface area contributed by atoms with Crippen LogP contribution in [0.25, 0.3) is 0 Å².